The van der Waals surface area contributed by atoms with E-state index in [0.717, 1.165) is 48.2 Å². The Kier molecular flexibility index (Phi) is 11.1. The van der Waals surface area contributed by atoms with Crippen molar-refractivity contribution in [1.29, 1.82) is 0 Å². The number of halogens is 3. The molecule has 0 radical (unpaired) electrons. The highest BCUT2D eigenvalue weighted by Crippen LogP contribution is 2.37. The van der Waals surface area contributed by atoms with Crippen LogP contribution in [-0.4, -0.2) is 45.5 Å². The summed E-state index contributed by atoms with van der Waals surface area (Å²) < 4.78 is 59.0. The van der Waals surface area contributed by atoms with E-state index in [-0.39, 0.29) is 36.9 Å². The number of hydrogen-bond acceptors (Lipinski definition) is 4. The van der Waals surface area contributed by atoms with Crippen molar-refractivity contribution in [2.45, 2.75) is 76.5 Å². The first-order chi connectivity index (χ1) is 20.0. The molecule has 1 aliphatic carbocycles. The van der Waals surface area contributed by atoms with Gasteiger partial charge in [-0.3, -0.25) is 0 Å². The van der Waals surface area contributed by atoms with E-state index in [2.05, 4.69) is 45.0 Å². The number of alkyl halides is 3. The fourth-order valence-electron chi connectivity index (χ4n) is 5.93. The molecule has 0 heterocycles. The molecule has 0 aliphatic heterocycles. The van der Waals surface area contributed by atoms with Crippen LogP contribution in [0.5, 0.6) is 0 Å². The Morgan fingerprint density at radius 1 is 0.833 bits per heavy atom. The molecule has 3 aromatic carbocycles. The number of rotatable bonds is 12. The van der Waals surface area contributed by atoms with Crippen molar-refractivity contribution >= 4 is 18.7 Å². The van der Waals surface area contributed by atoms with Gasteiger partial charge in [-0.1, -0.05) is 100.0 Å². The Bertz CT molecular complexity index is 1170. The predicted octanol–water partition coefficient (Wildman–Crippen LogP) is 6.73. The monoisotopic (exact) mass is 600 g/mol. The van der Waals surface area contributed by atoms with Crippen LogP contribution in [-0.2, 0) is 26.7 Å². The van der Waals surface area contributed by atoms with Crippen LogP contribution < -0.4 is 10.4 Å². The average Bonchev–Trinajstić information content (AvgIpc) is 2.98. The Morgan fingerprint density at radius 3 is 1.95 bits per heavy atom. The van der Waals surface area contributed by atoms with Gasteiger partial charge in [-0.25, -0.2) is 0 Å². The molecule has 8 heteroatoms. The minimum Gasteiger partial charge on any atom is -0.405 e. The molecule has 0 aromatic heterocycles. The maximum absolute atomic E-state index is 13.1. The summed E-state index contributed by atoms with van der Waals surface area (Å²) in [6.07, 6.45) is -1.06. The predicted molar refractivity (Wildman–Crippen MR) is 162 cm³/mol. The van der Waals surface area contributed by atoms with Gasteiger partial charge in [-0.15, -0.1) is 0 Å². The van der Waals surface area contributed by atoms with Crippen molar-refractivity contribution in [2.24, 2.45) is 5.92 Å². The van der Waals surface area contributed by atoms with Crippen molar-refractivity contribution in [2.75, 3.05) is 19.8 Å². The number of benzene rings is 3. The third kappa shape index (κ3) is 8.11. The minimum absolute atomic E-state index is 0.0286. The Balaban J connectivity index is 1.57. The third-order valence-electron chi connectivity index (χ3n) is 8.18. The van der Waals surface area contributed by atoms with Crippen LogP contribution in [0.1, 0.15) is 57.6 Å². The van der Waals surface area contributed by atoms with Crippen LogP contribution in [0.4, 0.5) is 13.2 Å². The summed E-state index contributed by atoms with van der Waals surface area (Å²) in [5.41, 5.74) is -0.0339. The molecular formula is C34H43F3O4Si. The normalized spacial score (nSPS) is 19.0. The number of hydrogen-bond donors (Lipinski definition) is 1. The molecule has 4 rings (SSSR count). The second-order valence-electron chi connectivity index (χ2n) is 12.3. The van der Waals surface area contributed by atoms with Gasteiger partial charge in [0.25, 0.3) is 8.32 Å². The lowest BCUT2D eigenvalue weighted by Gasteiger charge is -2.43. The van der Waals surface area contributed by atoms with E-state index in [0.29, 0.717) is 12.2 Å². The molecule has 1 aliphatic rings. The number of aliphatic hydroxyl groups excluding tert-OH is 1. The van der Waals surface area contributed by atoms with Gasteiger partial charge in [0.1, 0.15) is 6.10 Å². The van der Waals surface area contributed by atoms with Crippen molar-refractivity contribution in [3.63, 3.8) is 0 Å². The first kappa shape index (κ1) is 32.4. The Hall–Kier alpha value is -2.49. The lowest BCUT2D eigenvalue weighted by atomic mass is 9.88. The van der Waals surface area contributed by atoms with Gasteiger partial charge in [-0.2, -0.15) is 13.2 Å². The van der Waals surface area contributed by atoms with E-state index < -0.39 is 26.2 Å². The highest BCUT2D eigenvalue weighted by molar-refractivity contribution is 6.99. The Morgan fingerprint density at radius 2 is 1.43 bits per heavy atom. The van der Waals surface area contributed by atoms with Gasteiger partial charge in [0.2, 0.25) is 0 Å². The average molecular weight is 601 g/mol. The van der Waals surface area contributed by atoms with E-state index in [1.807, 2.05) is 36.4 Å². The standard InChI is InChI=1S/C34H43F3O4Si/c1-33(2,3)42(31-13-6-4-7-14-31,32-15-8-5-9-16-32)41-25-30(24-40-29-12-10-11-27(21-29)22-38)39-23-26-17-19-28(20-18-26)34(35,36)37/h4-9,13-20,27,29-30,38H,10-12,21-25H2,1-3H3/t27-,29+,30+/m0/s1. The van der Waals surface area contributed by atoms with E-state index in [1.54, 1.807) is 0 Å². The van der Waals surface area contributed by atoms with Crippen molar-refractivity contribution in [3.8, 4) is 0 Å². The SMILES string of the molecule is CC(C)(C)[Si](OC[C@@H](CO[C@@H]1CCC[C@H](CO)C1)OCc1ccc(C(F)(F)F)cc1)(c1ccccc1)c1ccccc1. The van der Waals surface area contributed by atoms with Crippen molar-refractivity contribution in [3.05, 3.63) is 96.1 Å². The van der Waals surface area contributed by atoms with Crippen LogP contribution in [0.2, 0.25) is 5.04 Å². The molecule has 0 saturated heterocycles. The summed E-state index contributed by atoms with van der Waals surface area (Å²) in [5, 5.41) is 11.8. The summed E-state index contributed by atoms with van der Waals surface area (Å²) in [6, 6.07) is 25.8. The topological polar surface area (TPSA) is 47.9 Å². The van der Waals surface area contributed by atoms with Crippen molar-refractivity contribution in [1.82, 2.24) is 0 Å². The molecule has 1 fully saturated rings. The molecule has 0 bridgehead atoms. The maximum atomic E-state index is 13.1. The smallest absolute Gasteiger partial charge is 0.405 e. The van der Waals surface area contributed by atoms with Gasteiger partial charge < -0.3 is 19.0 Å². The summed E-state index contributed by atoms with van der Waals surface area (Å²) in [4.78, 5) is 0. The maximum Gasteiger partial charge on any atom is 0.416 e. The fraction of sp³-hybridized carbons (Fsp3) is 0.471. The lowest BCUT2D eigenvalue weighted by molar-refractivity contribution is -0.137. The number of ether oxygens (including phenoxy) is 2. The van der Waals surface area contributed by atoms with E-state index in [9.17, 15) is 18.3 Å². The molecule has 42 heavy (non-hydrogen) atoms. The third-order valence-corrected chi connectivity index (χ3v) is 13.2. The zero-order valence-electron chi connectivity index (χ0n) is 24.8. The van der Waals surface area contributed by atoms with Gasteiger partial charge in [-0.05, 0) is 58.3 Å². The molecule has 4 nitrogen and oxygen atoms in total. The molecule has 1 N–H and O–H groups in total. The van der Waals surface area contributed by atoms with Crippen LogP contribution >= 0.6 is 0 Å². The van der Waals surface area contributed by atoms with Gasteiger partial charge >= 0.3 is 6.18 Å². The van der Waals surface area contributed by atoms with Crippen LogP contribution in [0, 0.1) is 5.92 Å². The summed E-state index contributed by atoms with van der Waals surface area (Å²) in [6.45, 7) is 7.50. The molecule has 0 amide bonds. The molecular weight excluding hydrogens is 557 g/mol. The van der Waals surface area contributed by atoms with Gasteiger partial charge in [0, 0.05) is 6.61 Å². The molecule has 0 unspecified atom stereocenters. The molecule has 3 aromatic rings. The van der Waals surface area contributed by atoms with E-state index >= 15 is 0 Å². The van der Waals surface area contributed by atoms with E-state index in [4.69, 9.17) is 13.9 Å². The first-order valence-corrected chi connectivity index (χ1v) is 16.7. The lowest BCUT2D eigenvalue weighted by Crippen LogP contribution is -2.67. The summed E-state index contributed by atoms with van der Waals surface area (Å²) in [7, 11) is -2.83. The minimum atomic E-state index is -4.38. The zero-order valence-corrected chi connectivity index (χ0v) is 25.8. The fourth-order valence-corrected chi connectivity index (χ4v) is 10.5. The molecule has 0 spiro atoms. The highest BCUT2D eigenvalue weighted by Gasteiger charge is 2.50. The van der Waals surface area contributed by atoms with Crippen LogP contribution in [0.15, 0.2) is 84.9 Å². The van der Waals surface area contributed by atoms with Crippen molar-refractivity contribution < 1.29 is 32.2 Å². The van der Waals surface area contributed by atoms with Crippen LogP contribution in [0.25, 0.3) is 0 Å². The summed E-state index contributed by atoms with van der Waals surface area (Å²) in [5.74, 6) is 0.239. The molecule has 1 saturated carbocycles. The van der Waals surface area contributed by atoms with Crippen LogP contribution in [0.3, 0.4) is 0 Å². The van der Waals surface area contributed by atoms with E-state index in [1.165, 1.54) is 12.1 Å². The second-order valence-corrected chi connectivity index (χ2v) is 16.6. The first-order valence-electron chi connectivity index (χ1n) is 14.8. The Labute approximate surface area is 249 Å². The van der Waals surface area contributed by atoms with Gasteiger partial charge in [0.15, 0.2) is 0 Å². The highest BCUT2D eigenvalue weighted by atomic mass is 28.4. The largest absolute Gasteiger partial charge is 0.416 e. The number of aliphatic hydroxyl groups is 1. The zero-order chi connectivity index (χ0) is 30.2. The molecule has 228 valence electrons. The molecule has 3 atom stereocenters. The quantitative estimate of drug-likeness (QED) is 0.234. The summed E-state index contributed by atoms with van der Waals surface area (Å²) >= 11 is 0. The second kappa shape index (κ2) is 14.3. The van der Waals surface area contributed by atoms with Gasteiger partial charge in [0.05, 0.1) is 31.5 Å².